The van der Waals surface area contributed by atoms with Gasteiger partial charge >= 0.3 is 6.18 Å². The minimum atomic E-state index is -4.52. The topological polar surface area (TPSA) is 52.0 Å². The summed E-state index contributed by atoms with van der Waals surface area (Å²) >= 11 is 2.89. The molecule has 13 heavy (non-hydrogen) atoms. The van der Waals surface area contributed by atoms with Gasteiger partial charge in [-0.15, -0.1) is 0 Å². The highest BCUT2D eigenvalue weighted by atomic mass is 79.9. The van der Waals surface area contributed by atoms with E-state index in [0.717, 1.165) is 6.07 Å². The molecule has 0 saturated heterocycles. The second-order valence-corrected chi connectivity index (χ2v) is 3.28. The molecule has 0 aromatic heterocycles. The molecule has 0 saturated carbocycles. The fourth-order valence-corrected chi connectivity index (χ4v) is 1.26. The van der Waals surface area contributed by atoms with Gasteiger partial charge < -0.3 is 11.5 Å². The first-order valence-corrected chi connectivity index (χ1v) is 4.04. The summed E-state index contributed by atoms with van der Waals surface area (Å²) in [4.78, 5) is 0. The molecule has 0 radical (unpaired) electrons. The summed E-state index contributed by atoms with van der Waals surface area (Å²) in [5, 5.41) is 0. The minimum absolute atomic E-state index is 0.189. The van der Waals surface area contributed by atoms with Crippen LogP contribution in [0.4, 0.5) is 24.5 Å². The van der Waals surface area contributed by atoms with Gasteiger partial charge in [-0.1, -0.05) is 0 Å². The maximum Gasteiger partial charge on any atom is 0.420 e. The van der Waals surface area contributed by atoms with E-state index in [9.17, 15) is 13.2 Å². The number of benzene rings is 1. The second kappa shape index (κ2) is 3.10. The van der Waals surface area contributed by atoms with Gasteiger partial charge in [-0.3, -0.25) is 0 Å². The van der Waals surface area contributed by atoms with Gasteiger partial charge in [-0.05, 0) is 28.1 Å². The smallest absolute Gasteiger partial charge is 0.398 e. The highest BCUT2D eigenvalue weighted by Gasteiger charge is 2.35. The number of alkyl halides is 3. The first kappa shape index (κ1) is 10.2. The number of nitrogen functional groups attached to an aromatic ring is 2. The molecule has 1 aromatic carbocycles. The van der Waals surface area contributed by atoms with E-state index in [4.69, 9.17) is 11.5 Å². The summed E-state index contributed by atoms with van der Waals surface area (Å²) in [6, 6.07) is 2.53. The molecule has 0 heterocycles. The Kier molecular flexibility index (Phi) is 2.42. The summed E-state index contributed by atoms with van der Waals surface area (Å²) in [6.07, 6.45) is -4.52. The number of halogens is 4. The maximum absolute atomic E-state index is 12.3. The van der Waals surface area contributed by atoms with Crippen molar-refractivity contribution in [3.63, 3.8) is 0 Å². The summed E-state index contributed by atoms with van der Waals surface area (Å²) in [6.45, 7) is 0. The predicted molar refractivity (Wildman–Crippen MR) is 48.0 cm³/mol. The molecule has 72 valence electrons. The zero-order valence-electron chi connectivity index (χ0n) is 6.32. The monoisotopic (exact) mass is 254 g/mol. The number of hydrogen-bond donors (Lipinski definition) is 2. The number of rotatable bonds is 0. The quantitative estimate of drug-likeness (QED) is 0.700. The van der Waals surface area contributed by atoms with Crippen LogP contribution in [-0.2, 0) is 6.18 Å². The van der Waals surface area contributed by atoms with Crippen molar-refractivity contribution in [3.8, 4) is 0 Å². The van der Waals surface area contributed by atoms with Crippen molar-refractivity contribution in [3.05, 3.63) is 22.2 Å². The normalized spacial score (nSPS) is 11.7. The van der Waals surface area contributed by atoms with Crippen molar-refractivity contribution in [2.24, 2.45) is 0 Å². The first-order valence-electron chi connectivity index (χ1n) is 3.24. The number of nitrogens with two attached hydrogens (primary N) is 2. The summed E-state index contributed by atoms with van der Waals surface area (Å²) in [5.41, 5.74) is 8.64. The highest BCUT2D eigenvalue weighted by Crippen LogP contribution is 2.40. The van der Waals surface area contributed by atoms with Crippen LogP contribution >= 0.6 is 15.9 Å². The molecule has 6 heteroatoms. The van der Waals surface area contributed by atoms with Gasteiger partial charge in [0.25, 0.3) is 0 Å². The molecule has 1 aromatic rings. The van der Waals surface area contributed by atoms with Crippen molar-refractivity contribution in [1.29, 1.82) is 0 Å². The lowest BCUT2D eigenvalue weighted by Gasteiger charge is -2.13. The Morgan fingerprint density at radius 1 is 1.15 bits per heavy atom. The van der Waals surface area contributed by atoms with Gasteiger partial charge in [-0.2, -0.15) is 13.2 Å². The first-order chi connectivity index (χ1) is 5.84. The molecule has 4 N–H and O–H groups in total. The molecule has 0 aliphatic carbocycles. The Morgan fingerprint density at radius 2 is 1.69 bits per heavy atom. The average Bonchev–Trinajstić information content (AvgIpc) is 1.95. The summed E-state index contributed by atoms with van der Waals surface area (Å²) in [5.74, 6) is 0. The molecule has 0 aliphatic heterocycles. The molecule has 0 unspecified atom stereocenters. The van der Waals surface area contributed by atoms with E-state index >= 15 is 0 Å². The molecular formula is C7H6BrF3N2. The lowest BCUT2D eigenvalue weighted by Crippen LogP contribution is -2.12. The van der Waals surface area contributed by atoms with Crippen LogP contribution in [0.2, 0.25) is 0 Å². The molecule has 0 aliphatic rings. The lowest BCUT2D eigenvalue weighted by atomic mass is 10.1. The third-order valence-electron chi connectivity index (χ3n) is 1.51. The van der Waals surface area contributed by atoms with E-state index in [-0.39, 0.29) is 15.8 Å². The van der Waals surface area contributed by atoms with Crippen molar-refractivity contribution in [2.45, 2.75) is 6.18 Å². The zero-order valence-corrected chi connectivity index (χ0v) is 7.91. The van der Waals surface area contributed by atoms with E-state index in [1.807, 2.05) is 0 Å². The lowest BCUT2D eigenvalue weighted by molar-refractivity contribution is -0.136. The maximum atomic E-state index is 12.3. The third kappa shape index (κ3) is 1.88. The Balaban J connectivity index is 3.43. The fraction of sp³-hybridized carbons (Fsp3) is 0.143. The van der Waals surface area contributed by atoms with Crippen LogP contribution in [0.25, 0.3) is 0 Å². The molecule has 0 atom stereocenters. The van der Waals surface area contributed by atoms with Crippen LogP contribution in [0, 0.1) is 0 Å². The van der Waals surface area contributed by atoms with Crippen molar-refractivity contribution in [2.75, 3.05) is 11.5 Å². The van der Waals surface area contributed by atoms with E-state index in [1.54, 1.807) is 0 Å². The Bertz CT molecular complexity index is 335. The van der Waals surface area contributed by atoms with Crippen LogP contribution in [-0.4, -0.2) is 0 Å². The van der Waals surface area contributed by atoms with Crippen LogP contribution in [0.3, 0.4) is 0 Å². The van der Waals surface area contributed by atoms with Gasteiger partial charge in [0.2, 0.25) is 0 Å². The minimum Gasteiger partial charge on any atom is -0.398 e. The van der Waals surface area contributed by atoms with Crippen molar-refractivity contribution in [1.82, 2.24) is 0 Å². The van der Waals surface area contributed by atoms with Gasteiger partial charge in [0, 0.05) is 10.2 Å². The standard InChI is InChI=1S/C7H6BrF3N2/c8-3-1-2-4(12)5(6(3)13)7(9,10)11/h1-2H,12-13H2. The Morgan fingerprint density at radius 3 is 2.08 bits per heavy atom. The number of hydrogen-bond acceptors (Lipinski definition) is 2. The predicted octanol–water partition coefficient (Wildman–Crippen LogP) is 2.63. The molecule has 0 fully saturated rings. The van der Waals surface area contributed by atoms with E-state index < -0.39 is 11.7 Å². The van der Waals surface area contributed by atoms with Crippen molar-refractivity contribution >= 4 is 27.3 Å². The van der Waals surface area contributed by atoms with E-state index in [0.29, 0.717) is 0 Å². The van der Waals surface area contributed by atoms with Crippen LogP contribution in [0.1, 0.15) is 5.56 Å². The van der Waals surface area contributed by atoms with Crippen LogP contribution in [0.5, 0.6) is 0 Å². The zero-order chi connectivity index (χ0) is 10.2. The van der Waals surface area contributed by atoms with Gasteiger partial charge in [0.15, 0.2) is 0 Å². The Hall–Kier alpha value is -0.910. The fourth-order valence-electron chi connectivity index (χ4n) is 0.927. The average molecular weight is 255 g/mol. The van der Waals surface area contributed by atoms with E-state index in [2.05, 4.69) is 15.9 Å². The highest BCUT2D eigenvalue weighted by molar-refractivity contribution is 9.10. The Labute approximate surface area is 80.8 Å². The van der Waals surface area contributed by atoms with Crippen LogP contribution < -0.4 is 11.5 Å². The largest absolute Gasteiger partial charge is 0.420 e. The summed E-state index contributed by atoms with van der Waals surface area (Å²) in [7, 11) is 0. The molecule has 2 nitrogen and oxygen atoms in total. The van der Waals surface area contributed by atoms with Gasteiger partial charge in [-0.25, -0.2) is 0 Å². The molecular weight excluding hydrogens is 249 g/mol. The SMILES string of the molecule is Nc1ccc(Br)c(N)c1C(F)(F)F. The molecule has 0 bridgehead atoms. The van der Waals surface area contributed by atoms with Crippen LogP contribution in [0.15, 0.2) is 16.6 Å². The molecule has 0 amide bonds. The van der Waals surface area contributed by atoms with Gasteiger partial charge in [0.1, 0.15) is 5.56 Å². The third-order valence-corrected chi connectivity index (χ3v) is 2.20. The molecule has 0 spiro atoms. The summed E-state index contributed by atoms with van der Waals surface area (Å²) < 4.78 is 37.1. The van der Waals surface area contributed by atoms with Gasteiger partial charge in [0.05, 0.1) is 5.69 Å². The molecule has 1 rings (SSSR count). The van der Waals surface area contributed by atoms with Crippen molar-refractivity contribution < 1.29 is 13.2 Å². The van der Waals surface area contributed by atoms with E-state index in [1.165, 1.54) is 6.07 Å². The number of anilines is 2. The second-order valence-electron chi connectivity index (χ2n) is 2.42.